The molecule has 0 atom stereocenters. The standard InChI is InChI=1S/C6H7NO4.C5H7NO3.B.Na.H/c1-9-5-3-4(11-7-5)6(8)10-2;1-8-5-2-4(3-7)9-6-5;;;/h3H,1-2H3;2,7H,3H2,1H3;;;/q;;;+1;-1. The van der Waals surface area contributed by atoms with Crippen molar-refractivity contribution < 1.29 is 64.1 Å². The summed E-state index contributed by atoms with van der Waals surface area (Å²) in [5.74, 6) is 0.515. The van der Waals surface area contributed by atoms with Gasteiger partial charge < -0.3 is 29.8 Å². The Bertz CT molecular complexity index is 533. The summed E-state index contributed by atoms with van der Waals surface area (Å²) in [4.78, 5) is 10.7. The van der Waals surface area contributed by atoms with Crippen LogP contribution in [-0.4, -0.2) is 51.1 Å². The minimum Gasteiger partial charge on any atom is -1.00 e. The fourth-order valence-electron chi connectivity index (χ4n) is 1.02. The monoisotopic (exact) mass is 321 g/mol. The fourth-order valence-corrected chi connectivity index (χ4v) is 1.02. The summed E-state index contributed by atoms with van der Waals surface area (Å²) in [6.45, 7) is -0.143. The van der Waals surface area contributed by atoms with E-state index < -0.39 is 5.97 Å². The van der Waals surface area contributed by atoms with Gasteiger partial charge in [0.2, 0.25) is 5.76 Å². The van der Waals surface area contributed by atoms with Crippen molar-refractivity contribution in [1.29, 1.82) is 0 Å². The van der Waals surface area contributed by atoms with E-state index >= 15 is 0 Å². The molecule has 22 heavy (non-hydrogen) atoms. The first kappa shape index (κ1) is 22.8. The van der Waals surface area contributed by atoms with Crippen LogP contribution >= 0.6 is 0 Å². The van der Waals surface area contributed by atoms with E-state index in [1.54, 1.807) is 0 Å². The zero-order chi connectivity index (χ0) is 15.0. The third-order valence-corrected chi connectivity index (χ3v) is 1.99. The number of hydrogen-bond acceptors (Lipinski definition) is 9. The van der Waals surface area contributed by atoms with E-state index in [9.17, 15) is 4.79 Å². The van der Waals surface area contributed by atoms with Crippen LogP contribution in [0.25, 0.3) is 0 Å². The van der Waals surface area contributed by atoms with Crippen LogP contribution in [0.1, 0.15) is 17.7 Å². The zero-order valence-corrected chi connectivity index (χ0v) is 14.7. The third-order valence-electron chi connectivity index (χ3n) is 1.99. The van der Waals surface area contributed by atoms with Crippen LogP contribution in [0.3, 0.4) is 0 Å². The first-order valence-corrected chi connectivity index (χ1v) is 5.34. The molecular weight excluding hydrogens is 306 g/mol. The predicted octanol–water partition coefficient (Wildman–Crippen LogP) is -2.62. The number of hydrogen-bond donors (Lipinski definition) is 1. The number of nitrogens with zero attached hydrogens (tertiary/aromatic N) is 2. The molecule has 0 amide bonds. The van der Waals surface area contributed by atoms with Gasteiger partial charge in [0.1, 0.15) is 6.61 Å². The molecule has 3 radical (unpaired) electrons. The van der Waals surface area contributed by atoms with Gasteiger partial charge in [-0.15, -0.1) is 0 Å². The van der Waals surface area contributed by atoms with Crippen molar-refractivity contribution >= 4 is 14.4 Å². The van der Waals surface area contributed by atoms with Gasteiger partial charge in [-0.3, -0.25) is 0 Å². The van der Waals surface area contributed by atoms with Gasteiger partial charge in [0, 0.05) is 14.5 Å². The smallest absolute Gasteiger partial charge is 1.00 e. The summed E-state index contributed by atoms with van der Waals surface area (Å²) < 4.78 is 22.9. The van der Waals surface area contributed by atoms with Gasteiger partial charge in [-0.25, -0.2) is 4.79 Å². The van der Waals surface area contributed by atoms with Gasteiger partial charge in [-0.2, -0.15) is 0 Å². The van der Waals surface area contributed by atoms with Crippen LogP contribution in [0.5, 0.6) is 11.8 Å². The van der Waals surface area contributed by atoms with E-state index in [4.69, 9.17) is 5.11 Å². The maximum absolute atomic E-state index is 10.7. The maximum Gasteiger partial charge on any atom is 1.00 e. The number of aliphatic hydroxyl groups excluding tert-OH is 1. The van der Waals surface area contributed by atoms with E-state index in [2.05, 4.69) is 33.6 Å². The van der Waals surface area contributed by atoms with Crippen LogP contribution in [0.2, 0.25) is 0 Å². The first-order valence-electron chi connectivity index (χ1n) is 5.34. The average Bonchev–Trinajstić information content (AvgIpc) is 3.15. The van der Waals surface area contributed by atoms with Gasteiger partial charge in [0.05, 0.1) is 27.4 Å². The second-order valence-corrected chi connectivity index (χ2v) is 3.22. The average molecular weight is 321 g/mol. The molecule has 0 spiro atoms. The number of ether oxygens (including phenoxy) is 3. The number of rotatable bonds is 4. The van der Waals surface area contributed by atoms with E-state index in [0.717, 1.165) is 0 Å². The number of carbonyl (C=O) groups excluding carboxylic acids is 1. The molecule has 0 unspecified atom stereocenters. The number of esters is 1. The van der Waals surface area contributed by atoms with Crippen molar-refractivity contribution in [3.8, 4) is 11.8 Å². The Morgan fingerprint density at radius 3 is 2.09 bits per heavy atom. The van der Waals surface area contributed by atoms with Gasteiger partial charge >= 0.3 is 35.5 Å². The quantitative estimate of drug-likeness (QED) is 0.477. The fraction of sp³-hybridized carbons (Fsp3) is 0.364. The molecule has 9 nitrogen and oxygen atoms in total. The molecule has 2 aromatic heterocycles. The molecular formula is C11H15BN2NaO7. The van der Waals surface area contributed by atoms with Crippen LogP contribution in [0.4, 0.5) is 0 Å². The Balaban J connectivity index is -0.000000312. The van der Waals surface area contributed by atoms with E-state index in [1.807, 2.05) is 0 Å². The zero-order valence-electron chi connectivity index (χ0n) is 13.7. The molecule has 0 bridgehead atoms. The van der Waals surface area contributed by atoms with Crippen molar-refractivity contribution in [3.05, 3.63) is 23.7 Å². The van der Waals surface area contributed by atoms with Gasteiger partial charge in [0.15, 0.2) is 5.76 Å². The van der Waals surface area contributed by atoms with Crippen molar-refractivity contribution in [2.75, 3.05) is 21.3 Å². The first-order chi connectivity index (χ1) is 9.64. The van der Waals surface area contributed by atoms with Crippen molar-refractivity contribution in [2.24, 2.45) is 0 Å². The minimum atomic E-state index is -0.569. The normalized spacial score (nSPS) is 8.55. The molecule has 1 N–H and O–H groups in total. The number of methoxy groups -OCH3 is 3. The number of carbonyl (C=O) groups is 1. The van der Waals surface area contributed by atoms with E-state index in [1.165, 1.54) is 33.5 Å². The Morgan fingerprint density at radius 1 is 1.18 bits per heavy atom. The molecule has 0 saturated heterocycles. The number of aliphatic hydroxyl groups is 1. The second kappa shape index (κ2) is 12.1. The largest absolute Gasteiger partial charge is 1.00 e. The topological polar surface area (TPSA) is 117 Å². The molecule has 2 aromatic rings. The molecule has 115 valence electrons. The number of aromatic nitrogens is 2. The third kappa shape index (κ3) is 6.99. The molecule has 0 saturated carbocycles. The summed E-state index contributed by atoms with van der Waals surface area (Å²) in [5.41, 5.74) is 0. The SMILES string of the molecule is COC(=O)c1cc(OC)no1.COc1cc(CO)on1.[B].[H-].[Na+]. The van der Waals surface area contributed by atoms with Crippen molar-refractivity contribution in [2.45, 2.75) is 6.61 Å². The van der Waals surface area contributed by atoms with Crippen LogP contribution in [0.15, 0.2) is 21.2 Å². The molecule has 2 rings (SSSR count). The molecule has 0 fully saturated rings. The van der Waals surface area contributed by atoms with E-state index in [0.29, 0.717) is 11.6 Å². The Morgan fingerprint density at radius 2 is 1.73 bits per heavy atom. The maximum atomic E-state index is 10.7. The molecule has 0 aliphatic rings. The Kier molecular flexibility index (Phi) is 12.5. The van der Waals surface area contributed by atoms with Crippen LogP contribution in [0, 0.1) is 0 Å². The minimum absolute atomic E-state index is 0. The van der Waals surface area contributed by atoms with Crippen molar-refractivity contribution in [1.82, 2.24) is 10.3 Å². The summed E-state index contributed by atoms with van der Waals surface area (Å²) in [6, 6.07) is 2.88. The van der Waals surface area contributed by atoms with E-state index in [-0.39, 0.29) is 57.6 Å². The summed E-state index contributed by atoms with van der Waals surface area (Å²) >= 11 is 0. The summed E-state index contributed by atoms with van der Waals surface area (Å²) in [6.07, 6.45) is 0. The second-order valence-electron chi connectivity index (χ2n) is 3.22. The molecule has 2 heterocycles. The Labute approximate surface area is 152 Å². The van der Waals surface area contributed by atoms with Gasteiger partial charge in [-0.05, 0) is 10.3 Å². The summed E-state index contributed by atoms with van der Waals surface area (Å²) in [5, 5.41) is 15.3. The molecule has 0 aliphatic carbocycles. The molecule has 0 aromatic carbocycles. The van der Waals surface area contributed by atoms with Gasteiger partial charge in [0.25, 0.3) is 11.8 Å². The van der Waals surface area contributed by atoms with Crippen molar-refractivity contribution in [3.63, 3.8) is 0 Å². The van der Waals surface area contributed by atoms with Crippen LogP contribution < -0.4 is 39.0 Å². The molecule has 0 aliphatic heterocycles. The van der Waals surface area contributed by atoms with Crippen LogP contribution in [-0.2, 0) is 11.3 Å². The predicted molar refractivity (Wildman–Crippen MR) is 70.2 cm³/mol. The Hall–Kier alpha value is -1.49. The molecule has 11 heteroatoms. The van der Waals surface area contributed by atoms with Gasteiger partial charge in [-0.1, -0.05) is 0 Å². The summed E-state index contributed by atoms with van der Waals surface area (Å²) in [7, 11) is 4.18.